The van der Waals surface area contributed by atoms with Crippen molar-refractivity contribution in [2.45, 2.75) is 56.9 Å². The Morgan fingerprint density at radius 3 is 2.91 bits per heavy atom. The fraction of sp³-hybridized carbons (Fsp3) is 0.538. The lowest BCUT2D eigenvalue weighted by atomic mass is 9.91. The Morgan fingerprint density at radius 2 is 2.09 bits per heavy atom. The molecule has 2 aromatic rings. The molecule has 2 unspecified atom stereocenters. The first-order chi connectivity index (χ1) is 16.2. The molecule has 7 nitrogen and oxygen atoms in total. The van der Waals surface area contributed by atoms with Gasteiger partial charge in [0.25, 0.3) is 0 Å². The van der Waals surface area contributed by atoms with Crippen LogP contribution in [0.3, 0.4) is 0 Å². The summed E-state index contributed by atoms with van der Waals surface area (Å²) in [6.45, 7) is 2.82. The Bertz CT molecular complexity index is 894. The summed E-state index contributed by atoms with van der Waals surface area (Å²) < 4.78 is 11.7. The molecule has 2 heterocycles. The van der Waals surface area contributed by atoms with Crippen LogP contribution in [-0.4, -0.2) is 66.3 Å². The summed E-state index contributed by atoms with van der Waals surface area (Å²) in [5.41, 5.74) is 9.13. The molecular formula is C26H36N4O3. The Labute approximate surface area is 196 Å². The highest BCUT2D eigenvalue weighted by molar-refractivity contribution is 5.68. The van der Waals surface area contributed by atoms with E-state index in [1.807, 2.05) is 47.5 Å². The second-order valence-electron chi connectivity index (χ2n) is 9.11. The first-order valence-corrected chi connectivity index (χ1v) is 12.1. The number of nitrogens with zero attached hydrogens (tertiary/aromatic N) is 3. The molecule has 1 amide bonds. The van der Waals surface area contributed by atoms with Gasteiger partial charge in [0.2, 0.25) is 0 Å². The summed E-state index contributed by atoms with van der Waals surface area (Å²) in [5.74, 6) is 0. The molecule has 1 aromatic carbocycles. The Morgan fingerprint density at radius 1 is 1.24 bits per heavy atom. The zero-order valence-corrected chi connectivity index (χ0v) is 19.6. The molecule has 1 saturated heterocycles. The van der Waals surface area contributed by atoms with Crippen molar-refractivity contribution in [1.29, 1.82) is 0 Å². The maximum atomic E-state index is 13.1. The number of fused-ring (bicyclic) bond motifs is 1. The van der Waals surface area contributed by atoms with Gasteiger partial charge in [0.15, 0.2) is 0 Å². The van der Waals surface area contributed by atoms with E-state index in [-0.39, 0.29) is 30.9 Å². The second-order valence-corrected chi connectivity index (χ2v) is 9.11. The molecule has 0 saturated carbocycles. The predicted molar refractivity (Wildman–Crippen MR) is 128 cm³/mol. The number of likely N-dealkylation sites (N-methyl/N-ethyl adjacent to an activating group) is 1. The fourth-order valence-electron chi connectivity index (χ4n) is 5.00. The molecule has 0 bridgehead atoms. The Hall–Kier alpha value is -2.48. The smallest absolute Gasteiger partial charge is 0.410 e. The van der Waals surface area contributed by atoms with Crippen LogP contribution in [0.1, 0.15) is 48.5 Å². The number of nitrogens with two attached hydrogens (primary N) is 1. The van der Waals surface area contributed by atoms with Crippen LogP contribution in [0.5, 0.6) is 0 Å². The molecule has 33 heavy (non-hydrogen) atoms. The van der Waals surface area contributed by atoms with Crippen molar-refractivity contribution >= 4 is 6.09 Å². The number of aromatic nitrogens is 1. The van der Waals surface area contributed by atoms with Gasteiger partial charge < -0.3 is 20.1 Å². The normalized spacial score (nSPS) is 22.4. The first-order valence-electron chi connectivity index (χ1n) is 12.1. The van der Waals surface area contributed by atoms with Crippen LogP contribution in [0.15, 0.2) is 48.7 Å². The molecule has 4 rings (SSSR count). The highest BCUT2D eigenvalue weighted by Crippen LogP contribution is 2.33. The number of rotatable bonds is 9. The van der Waals surface area contributed by atoms with Crippen LogP contribution in [0, 0.1) is 0 Å². The van der Waals surface area contributed by atoms with Gasteiger partial charge in [0.1, 0.15) is 6.61 Å². The van der Waals surface area contributed by atoms with Gasteiger partial charge in [0.05, 0.1) is 30.4 Å². The predicted octanol–water partition coefficient (Wildman–Crippen LogP) is 3.54. The highest BCUT2D eigenvalue weighted by Gasteiger charge is 2.38. The number of amides is 1. The molecule has 178 valence electrons. The standard InChI is InChI=1S/C26H36N4O3/c1-29(24-12-5-10-21-11-6-14-28-25(21)24)17-22-16-23(32-15-7-13-27)18-30(22)26(31)33-19-20-8-3-2-4-9-20/h2-4,6,8-9,11,14,22-24H,5,7,10,12-13,15-19,27H2,1H3/t22?,23?,24-/m0/s1. The number of ether oxygens (including phenoxy) is 2. The van der Waals surface area contributed by atoms with Gasteiger partial charge in [-0.05, 0) is 62.9 Å². The lowest BCUT2D eigenvalue weighted by molar-refractivity contribution is 0.0529. The molecule has 2 aliphatic rings. The average Bonchev–Trinajstić information content (AvgIpc) is 3.25. The topological polar surface area (TPSA) is 80.9 Å². The first kappa shape index (κ1) is 23.7. The van der Waals surface area contributed by atoms with Gasteiger partial charge in [-0.1, -0.05) is 36.4 Å². The molecule has 1 aliphatic heterocycles. The van der Waals surface area contributed by atoms with Gasteiger partial charge in [0, 0.05) is 19.3 Å². The maximum Gasteiger partial charge on any atom is 0.410 e. The zero-order chi connectivity index (χ0) is 23.0. The summed E-state index contributed by atoms with van der Waals surface area (Å²) in [6, 6.07) is 14.3. The summed E-state index contributed by atoms with van der Waals surface area (Å²) in [7, 11) is 2.14. The fourth-order valence-corrected chi connectivity index (χ4v) is 5.00. The molecule has 7 heteroatoms. The van der Waals surface area contributed by atoms with E-state index in [2.05, 4.69) is 18.0 Å². The summed E-state index contributed by atoms with van der Waals surface area (Å²) >= 11 is 0. The SMILES string of the molecule is CN(CC1CC(OCCCN)CN1C(=O)OCc1ccccc1)[C@H]1CCCc2cccnc21. The maximum absolute atomic E-state index is 13.1. The number of hydrogen-bond donors (Lipinski definition) is 1. The third-order valence-corrected chi connectivity index (χ3v) is 6.71. The van der Waals surface area contributed by atoms with E-state index in [0.29, 0.717) is 19.7 Å². The molecule has 1 aliphatic carbocycles. The minimum Gasteiger partial charge on any atom is -0.445 e. The van der Waals surface area contributed by atoms with Crippen molar-refractivity contribution in [3.8, 4) is 0 Å². The number of likely N-dealkylation sites (tertiary alicyclic amines) is 1. The lowest BCUT2D eigenvalue weighted by Crippen LogP contribution is -2.44. The molecule has 1 aromatic heterocycles. The van der Waals surface area contributed by atoms with E-state index in [9.17, 15) is 4.79 Å². The lowest BCUT2D eigenvalue weighted by Gasteiger charge is -2.35. The Kier molecular flexibility index (Phi) is 8.31. The van der Waals surface area contributed by atoms with Crippen molar-refractivity contribution in [3.05, 3.63) is 65.5 Å². The highest BCUT2D eigenvalue weighted by atomic mass is 16.6. The van der Waals surface area contributed by atoms with E-state index in [0.717, 1.165) is 44.2 Å². The summed E-state index contributed by atoms with van der Waals surface area (Å²) in [6.07, 6.45) is 6.58. The number of benzene rings is 1. The van der Waals surface area contributed by atoms with Gasteiger partial charge in [-0.2, -0.15) is 0 Å². The molecule has 0 radical (unpaired) electrons. The quantitative estimate of drug-likeness (QED) is 0.586. The van der Waals surface area contributed by atoms with E-state index in [1.165, 1.54) is 11.3 Å². The van der Waals surface area contributed by atoms with E-state index in [4.69, 9.17) is 20.2 Å². The number of carbonyl (C=O) groups is 1. The van der Waals surface area contributed by atoms with Crippen molar-refractivity contribution in [2.24, 2.45) is 5.73 Å². The van der Waals surface area contributed by atoms with Crippen LogP contribution in [-0.2, 0) is 22.5 Å². The van der Waals surface area contributed by atoms with Crippen molar-refractivity contribution in [3.63, 3.8) is 0 Å². The molecule has 1 fully saturated rings. The third-order valence-electron chi connectivity index (χ3n) is 6.71. The second kappa shape index (κ2) is 11.6. The summed E-state index contributed by atoms with van der Waals surface area (Å²) in [4.78, 5) is 22.0. The number of carbonyl (C=O) groups excluding carboxylic acids is 1. The molecular weight excluding hydrogens is 416 g/mol. The Balaban J connectivity index is 1.42. The average molecular weight is 453 g/mol. The number of pyridine rings is 1. The number of hydrogen-bond acceptors (Lipinski definition) is 6. The molecule has 0 spiro atoms. The van der Waals surface area contributed by atoms with E-state index < -0.39 is 0 Å². The van der Waals surface area contributed by atoms with Gasteiger partial charge in [-0.3, -0.25) is 9.88 Å². The van der Waals surface area contributed by atoms with E-state index >= 15 is 0 Å². The van der Waals surface area contributed by atoms with Gasteiger partial charge in [-0.15, -0.1) is 0 Å². The minimum atomic E-state index is -0.274. The third kappa shape index (κ3) is 6.10. The van der Waals surface area contributed by atoms with E-state index in [1.54, 1.807) is 0 Å². The van der Waals surface area contributed by atoms with Crippen LogP contribution in [0.4, 0.5) is 4.79 Å². The van der Waals surface area contributed by atoms with Crippen molar-refractivity contribution in [2.75, 3.05) is 33.3 Å². The largest absolute Gasteiger partial charge is 0.445 e. The number of aryl methyl sites for hydroxylation is 1. The van der Waals surface area contributed by atoms with Crippen LogP contribution in [0.25, 0.3) is 0 Å². The van der Waals surface area contributed by atoms with Crippen LogP contribution in [0.2, 0.25) is 0 Å². The van der Waals surface area contributed by atoms with Crippen molar-refractivity contribution < 1.29 is 14.3 Å². The van der Waals surface area contributed by atoms with Crippen molar-refractivity contribution in [1.82, 2.24) is 14.8 Å². The minimum absolute atomic E-state index is 0.0102. The van der Waals surface area contributed by atoms with Crippen LogP contribution >= 0.6 is 0 Å². The molecule has 3 atom stereocenters. The van der Waals surface area contributed by atoms with Gasteiger partial charge in [-0.25, -0.2) is 4.79 Å². The monoisotopic (exact) mass is 452 g/mol. The van der Waals surface area contributed by atoms with Crippen LogP contribution < -0.4 is 5.73 Å². The molecule has 2 N–H and O–H groups in total. The van der Waals surface area contributed by atoms with Gasteiger partial charge >= 0.3 is 6.09 Å². The summed E-state index contributed by atoms with van der Waals surface area (Å²) in [5, 5.41) is 0. The zero-order valence-electron chi connectivity index (χ0n) is 19.6.